The maximum absolute atomic E-state index is 15.0. The molecular weight excluding hydrogens is 429 g/mol. The number of nitrogens with two attached hydrogens (primary N) is 3. The van der Waals surface area contributed by atoms with Crippen LogP contribution >= 0.6 is 12.6 Å². The topological polar surface area (TPSA) is 136 Å². The van der Waals surface area contributed by atoms with Crippen molar-refractivity contribution in [3.8, 4) is 0 Å². The van der Waals surface area contributed by atoms with Gasteiger partial charge < -0.3 is 27.8 Å². The van der Waals surface area contributed by atoms with E-state index in [4.69, 9.17) is 17.2 Å². The van der Waals surface area contributed by atoms with E-state index in [1.165, 1.54) is 6.07 Å². The van der Waals surface area contributed by atoms with Crippen LogP contribution < -0.4 is 27.8 Å². The molecule has 2 amide bonds. The molecule has 8 N–H and O–H groups in total. The summed E-state index contributed by atoms with van der Waals surface area (Å²) in [6, 6.07) is 2.49. The minimum atomic E-state index is -1.07. The number of primary amides is 2. The van der Waals surface area contributed by atoms with Crippen LogP contribution in [0.3, 0.4) is 0 Å². The summed E-state index contributed by atoms with van der Waals surface area (Å²) in [6.45, 7) is 5.78. The predicted octanol–water partition coefficient (Wildman–Crippen LogP) is 2.75. The van der Waals surface area contributed by atoms with Gasteiger partial charge in [0.05, 0.1) is 22.3 Å². The summed E-state index contributed by atoms with van der Waals surface area (Å²) in [5.41, 5.74) is 16.0. The lowest BCUT2D eigenvalue weighted by Gasteiger charge is -2.27. The molecule has 9 heteroatoms. The second kappa shape index (κ2) is 8.78. The number of carbonyl (C=O) groups is 2. The molecule has 3 rings (SSSR count). The van der Waals surface area contributed by atoms with Crippen LogP contribution in [0, 0.1) is 23.6 Å². The van der Waals surface area contributed by atoms with Crippen molar-refractivity contribution in [1.82, 2.24) is 0 Å². The van der Waals surface area contributed by atoms with Gasteiger partial charge in [-0.2, -0.15) is 12.6 Å². The number of hydrogen-bond donors (Lipinski definition) is 6. The second-order valence-corrected chi connectivity index (χ2v) is 10.2. The van der Waals surface area contributed by atoms with Crippen molar-refractivity contribution in [2.75, 3.05) is 10.6 Å². The van der Waals surface area contributed by atoms with Crippen LogP contribution in [0.25, 0.3) is 0 Å². The summed E-state index contributed by atoms with van der Waals surface area (Å²) >= 11 is 4.49. The summed E-state index contributed by atoms with van der Waals surface area (Å²) in [6.07, 6.45) is 9.02. The van der Waals surface area contributed by atoms with E-state index in [1.807, 2.05) is 26.0 Å². The third-order valence-corrected chi connectivity index (χ3v) is 6.47. The maximum atomic E-state index is 15.0. The second-order valence-electron chi connectivity index (χ2n) is 9.57. The van der Waals surface area contributed by atoms with Gasteiger partial charge in [0.2, 0.25) is 5.91 Å². The van der Waals surface area contributed by atoms with E-state index in [1.54, 1.807) is 0 Å². The quantitative estimate of drug-likeness (QED) is 0.248. The number of nitrogens with one attached hydrogen (secondary N) is 2. The van der Waals surface area contributed by atoms with Gasteiger partial charge in [-0.3, -0.25) is 9.59 Å². The highest BCUT2D eigenvalue weighted by Gasteiger charge is 2.62. The molecule has 1 aromatic carbocycles. The lowest BCUT2D eigenvalue weighted by atomic mass is 9.84. The summed E-state index contributed by atoms with van der Waals surface area (Å²) in [7, 11) is 0. The highest BCUT2D eigenvalue weighted by atomic mass is 32.1. The van der Waals surface area contributed by atoms with Crippen molar-refractivity contribution in [2.24, 2.45) is 35.0 Å². The van der Waals surface area contributed by atoms with Crippen LogP contribution in [0.2, 0.25) is 0 Å². The summed E-state index contributed by atoms with van der Waals surface area (Å²) in [4.78, 5) is 24.3. The van der Waals surface area contributed by atoms with Gasteiger partial charge in [0, 0.05) is 11.5 Å². The largest absolute Gasteiger partial charge is 0.373 e. The normalized spacial score (nSPS) is 27.6. The molecule has 174 valence electrons. The van der Waals surface area contributed by atoms with Gasteiger partial charge in [-0.15, -0.1) is 0 Å². The Balaban J connectivity index is 1.90. The Hall–Kier alpha value is -2.52. The standard InChI is InChI=1S/C23H32FN5O2S/c1-12-6-4-5-7-13(12)15-10-23(15,21(26)31)29-18-9-17(14(20(25)30)8-16(18)24)28-19(32)11-22(2,3)27/h4-9,12-13,15,19,28-29,32H,10-11,27H2,1-3H3,(H2,25,30)(H2,26,31)/t12?,13?,15-,19?,23+/m1/s1. The number of thiol groups is 1. The molecule has 2 aliphatic carbocycles. The summed E-state index contributed by atoms with van der Waals surface area (Å²) < 4.78 is 15.0. The molecule has 0 heterocycles. The molecule has 5 atom stereocenters. The third-order valence-electron chi connectivity index (χ3n) is 6.16. The number of hydrogen-bond acceptors (Lipinski definition) is 6. The highest BCUT2D eigenvalue weighted by Crippen LogP contribution is 2.54. The molecule has 1 fully saturated rings. The molecule has 0 radical (unpaired) electrons. The van der Waals surface area contributed by atoms with Crippen molar-refractivity contribution < 1.29 is 14.0 Å². The SMILES string of the molecule is CC1C=CC=CC1[C@H]1C[C@@]1(Nc1cc(NC(S)CC(C)(C)N)c(C(N)=O)cc1F)C(N)=O. The van der Waals surface area contributed by atoms with Crippen LogP contribution in [0.5, 0.6) is 0 Å². The molecule has 0 bridgehead atoms. The smallest absolute Gasteiger partial charge is 0.250 e. The highest BCUT2D eigenvalue weighted by molar-refractivity contribution is 7.81. The number of allylic oxidation sites excluding steroid dienone is 4. The van der Waals surface area contributed by atoms with Gasteiger partial charge in [0.1, 0.15) is 11.4 Å². The predicted molar refractivity (Wildman–Crippen MR) is 129 cm³/mol. The average Bonchev–Trinajstić information content (AvgIpc) is 3.38. The fourth-order valence-electron chi connectivity index (χ4n) is 4.44. The molecule has 1 saturated carbocycles. The first kappa shape index (κ1) is 24.1. The van der Waals surface area contributed by atoms with Crippen molar-refractivity contribution in [2.45, 2.75) is 50.1 Å². The van der Waals surface area contributed by atoms with Crippen molar-refractivity contribution in [1.29, 1.82) is 0 Å². The first-order chi connectivity index (χ1) is 14.8. The van der Waals surface area contributed by atoms with Crippen LogP contribution in [-0.4, -0.2) is 28.3 Å². The molecule has 0 aromatic heterocycles. The Morgan fingerprint density at radius 1 is 1.25 bits per heavy atom. The van der Waals surface area contributed by atoms with Gasteiger partial charge in [0.15, 0.2) is 0 Å². The van der Waals surface area contributed by atoms with Gasteiger partial charge >= 0.3 is 0 Å². The molecular formula is C23H32FN5O2S. The number of anilines is 2. The van der Waals surface area contributed by atoms with E-state index >= 15 is 0 Å². The zero-order valence-corrected chi connectivity index (χ0v) is 19.5. The Kier molecular flexibility index (Phi) is 6.62. The van der Waals surface area contributed by atoms with Gasteiger partial charge in [-0.05, 0) is 50.7 Å². The first-order valence-electron chi connectivity index (χ1n) is 10.6. The van der Waals surface area contributed by atoms with Crippen LogP contribution in [-0.2, 0) is 4.79 Å². The number of benzene rings is 1. The van der Waals surface area contributed by atoms with Crippen LogP contribution in [0.4, 0.5) is 15.8 Å². The molecule has 0 saturated heterocycles. The van der Waals surface area contributed by atoms with Crippen molar-refractivity contribution in [3.05, 3.63) is 47.8 Å². The van der Waals surface area contributed by atoms with Crippen molar-refractivity contribution in [3.63, 3.8) is 0 Å². The summed E-state index contributed by atoms with van der Waals surface area (Å²) in [5.74, 6) is -1.75. The minimum absolute atomic E-state index is 0.0172. The lowest BCUT2D eigenvalue weighted by Crippen LogP contribution is -2.42. The van der Waals surface area contributed by atoms with Gasteiger partial charge in [-0.1, -0.05) is 31.2 Å². The van der Waals surface area contributed by atoms with E-state index in [2.05, 4.69) is 42.3 Å². The van der Waals surface area contributed by atoms with Crippen LogP contribution in [0.1, 0.15) is 44.0 Å². The van der Waals surface area contributed by atoms with Gasteiger partial charge in [0.25, 0.3) is 5.91 Å². The molecule has 2 aliphatic rings. The Bertz CT molecular complexity index is 974. The number of carbonyl (C=O) groups excluding carboxylic acids is 2. The molecule has 0 aliphatic heterocycles. The van der Waals surface area contributed by atoms with E-state index in [0.717, 1.165) is 6.07 Å². The van der Waals surface area contributed by atoms with E-state index < -0.39 is 34.1 Å². The van der Waals surface area contributed by atoms with E-state index in [0.29, 0.717) is 18.5 Å². The number of rotatable bonds is 9. The third kappa shape index (κ3) is 5.10. The van der Waals surface area contributed by atoms with Crippen molar-refractivity contribution >= 4 is 35.8 Å². The van der Waals surface area contributed by atoms with Gasteiger partial charge in [-0.25, -0.2) is 4.39 Å². The molecule has 3 unspecified atom stereocenters. The maximum Gasteiger partial charge on any atom is 0.250 e. The Morgan fingerprint density at radius 2 is 1.91 bits per heavy atom. The molecule has 32 heavy (non-hydrogen) atoms. The van der Waals surface area contributed by atoms with E-state index in [9.17, 15) is 14.0 Å². The fourth-order valence-corrected chi connectivity index (χ4v) is 5.05. The number of halogens is 1. The Morgan fingerprint density at radius 3 is 2.47 bits per heavy atom. The lowest BCUT2D eigenvalue weighted by molar-refractivity contribution is -0.120. The average molecular weight is 462 g/mol. The zero-order valence-electron chi connectivity index (χ0n) is 18.6. The molecule has 1 aromatic rings. The molecule has 0 spiro atoms. The Labute approximate surface area is 193 Å². The monoisotopic (exact) mass is 461 g/mol. The van der Waals surface area contributed by atoms with Crippen LogP contribution in [0.15, 0.2) is 36.4 Å². The molecule has 7 nitrogen and oxygen atoms in total. The fraction of sp³-hybridized carbons (Fsp3) is 0.478. The first-order valence-corrected chi connectivity index (χ1v) is 11.2. The zero-order chi connectivity index (χ0) is 23.8. The number of amides is 2. The summed E-state index contributed by atoms with van der Waals surface area (Å²) in [5, 5.41) is 5.71. The van der Waals surface area contributed by atoms with E-state index in [-0.39, 0.29) is 29.0 Å². The minimum Gasteiger partial charge on any atom is -0.373 e.